The van der Waals surface area contributed by atoms with Gasteiger partial charge in [0.1, 0.15) is 0 Å². The van der Waals surface area contributed by atoms with E-state index in [-0.39, 0.29) is 17.8 Å². The van der Waals surface area contributed by atoms with Crippen molar-refractivity contribution in [3.63, 3.8) is 0 Å². The van der Waals surface area contributed by atoms with Crippen LogP contribution in [0.5, 0.6) is 0 Å². The van der Waals surface area contributed by atoms with Crippen LogP contribution in [0.2, 0.25) is 0 Å². The highest BCUT2D eigenvalue weighted by atomic mass is 32.2. The SMILES string of the molecule is CCOC(=O)C1CCN(C(=O)CCCCSc2nnc(-c3ccco3)n2-c2cccc(C)c2)CC1. The molecule has 35 heavy (non-hydrogen) atoms. The molecule has 9 heteroatoms. The zero-order chi connectivity index (χ0) is 24.6. The van der Waals surface area contributed by atoms with Crippen LogP contribution >= 0.6 is 11.8 Å². The fourth-order valence-electron chi connectivity index (χ4n) is 4.25. The molecule has 2 aromatic heterocycles. The van der Waals surface area contributed by atoms with Crippen molar-refractivity contribution in [1.82, 2.24) is 19.7 Å². The second kappa shape index (κ2) is 12.1. The summed E-state index contributed by atoms with van der Waals surface area (Å²) in [6.07, 6.45) is 5.24. The number of furan rings is 1. The number of hydrogen-bond acceptors (Lipinski definition) is 7. The van der Waals surface area contributed by atoms with E-state index in [1.165, 1.54) is 0 Å². The lowest BCUT2D eigenvalue weighted by atomic mass is 9.96. The van der Waals surface area contributed by atoms with Crippen molar-refractivity contribution in [1.29, 1.82) is 0 Å². The van der Waals surface area contributed by atoms with E-state index in [1.807, 2.05) is 40.7 Å². The Morgan fingerprint density at radius 1 is 1.14 bits per heavy atom. The van der Waals surface area contributed by atoms with E-state index < -0.39 is 0 Å². The van der Waals surface area contributed by atoms with E-state index in [0.717, 1.165) is 35.0 Å². The number of aromatic nitrogens is 3. The maximum Gasteiger partial charge on any atom is 0.309 e. The minimum atomic E-state index is -0.134. The van der Waals surface area contributed by atoms with Crippen LogP contribution in [-0.4, -0.2) is 57.0 Å². The predicted molar refractivity (Wildman–Crippen MR) is 134 cm³/mol. The van der Waals surface area contributed by atoms with E-state index in [2.05, 4.69) is 29.3 Å². The summed E-state index contributed by atoms with van der Waals surface area (Å²) in [5.41, 5.74) is 2.15. The topological polar surface area (TPSA) is 90.5 Å². The monoisotopic (exact) mass is 496 g/mol. The van der Waals surface area contributed by atoms with Gasteiger partial charge in [0, 0.05) is 25.3 Å². The van der Waals surface area contributed by atoms with Crippen molar-refractivity contribution in [2.45, 2.75) is 51.1 Å². The molecule has 1 aliphatic rings. The lowest BCUT2D eigenvalue weighted by Crippen LogP contribution is -2.40. The van der Waals surface area contributed by atoms with Crippen molar-refractivity contribution in [2.75, 3.05) is 25.4 Å². The van der Waals surface area contributed by atoms with Crippen molar-refractivity contribution in [2.24, 2.45) is 5.92 Å². The highest BCUT2D eigenvalue weighted by Crippen LogP contribution is 2.29. The lowest BCUT2D eigenvalue weighted by molar-refractivity contribution is -0.151. The molecule has 1 aliphatic heterocycles. The van der Waals surface area contributed by atoms with Crippen LogP contribution in [0.3, 0.4) is 0 Å². The molecule has 0 saturated carbocycles. The molecule has 1 amide bonds. The molecule has 0 unspecified atom stereocenters. The van der Waals surface area contributed by atoms with Gasteiger partial charge in [-0.15, -0.1) is 10.2 Å². The Bertz CT molecular complexity index is 1120. The van der Waals surface area contributed by atoms with Gasteiger partial charge in [-0.05, 0) is 69.4 Å². The van der Waals surface area contributed by atoms with Gasteiger partial charge in [0.25, 0.3) is 0 Å². The lowest BCUT2D eigenvalue weighted by Gasteiger charge is -2.31. The quantitative estimate of drug-likeness (QED) is 0.224. The molecule has 4 rings (SSSR count). The van der Waals surface area contributed by atoms with Gasteiger partial charge in [-0.25, -0.2) is 0 Å². The van der Waals surface area contributed by atoms with E-state index in [0.29, 0.717) is 50.5 Å². The number of piperidine rings is 1. The number of amides is 1. The van der Waals surface area contributed by atoms with Crippen LogP contribution in [0.1, 0.15) is 44.6 Å². The molecule has 0 aliphatic carbocycles. The normalized spacial score (nSPS) is 14.3. The molecule has 3 aromatic rings. The van der Waals surface area contributed by atoms with Gasteiger partial charge in [0.15, 0.2) is 10.9 Å². The van der Waals surface area contributed by atoms with Gasteiger partial charge in [0.05, 0.1) is 24.5 Å². The number of rotatable bonds is 10. The number of aryl methyl sites for hydroxylation is 1. The smallest absolute Gasteiger partial charge is 0.309 e. The largest absolute Gasteiger partial charge is 0.466 e. The summed E-state index contributed by atoms with van der Waals surface area (Å²) in [6.45, 7) is 5.54. The average molecular weight is 497 g/mol. The number of nitrogens with zero attached hydrogens (tertiary/aromatic N) is 4. The van der Waals surface area contributed by atoms with Crippen LogP contribution < -0.4 is 0 Å². The predicted octanol–water partition coefficient (Wildman–Crippen LogP) is 4.90. The number of benzene rings is 1. The number of hydrogen-bond donors (Lipinski definition) is 0. The molecule has 1 saturated heterocycles. The highest BCUT2D eigenvalue weighted by Gasteiger charge is 2.27. The second-order valence-electron chi connectivity index (χ2n) is 8.67. The third kappa shape index (κ3) is 6.33. The van der Waals surface area contributed by atoms with E-state index in [1.54, 1.807) is 18.0 Å². The minimum absolute atomic E-state index is 0.0766. The van der Waals surface area contributed by atoms with Crippen molar-refractivity contribution in [3.8, 4) is 17.3 Å². The average Bonchev–Trinajstić information content (AvgIpc) is 3.54. The molecule has 0 N–H and O–H groups in total. The number of carbonyl (C=O) groups excluding carboxylic acids is 2. The van der Waals surface area contributed by atoms with Crippen LogP contribution in [0.4, 0.5) is 0 Å². The molecule has 0 radical (unpaired) electrons. The van der Waals surface area contributed by atoms with Gasteiger partial charge in [-0.2, -0.15) is 0 Å². The summed E-state index contributed by atoms with van der Waals surface area (Å²) >= 11 is 1.63. The van der Waals surface area contributed by atoms with E-state index >= 15 is 0 Å². The Balaban J connectivity index is 1.28. The molecule has 8 nitrogen and oxygen atoms in total. The number of unbranched alkanes of at least 4 members (excludes halogenated alkanes) is 1. The van der Waals surface area contributed by atoms with Crippen molar-refractivity contribution < 1.29 is 18.7 Å². The Hall–Kier alpha value is -3.07. The third-order valence-electron chi connectivity index (χ3n) is 6.12. The summed E-state index contributed by atoms with van der Waals surface area (Å²) in [4.78, 5) is 26.4. The molecular formula is C26H32N4O4S. The van der Waals surface area contributed by atoms with E-state index in [4.69, 9.17) is 9.15 Å². The minimum Gasteiger partial charge on any atom is -0.466 e. The molecule has 186 valence electrons. The first-order chi connectivity index (χ1) is 17.1. The maximum absolute atomic E-state index is 12.6. The van der Waals surface area contributed by atoms with Gasteiger partial charge in [-0.3, -0.25) is 14.2 Å². The molecular weight excluding hydrogens is 464 g/mol. The second-order valence-corrected chi connectivity index (χ2v) is 9.73. The van der Waals surface area contributed by atoms with Crippen molar-refractivity contribution in [3.05, 3.63) is 48.2 Å². The maximum atomic E-state index is 12.6. The molecule has 0 bridgehead atoms. The first kappa shape index (κ1) is 25.0. The van der Waals surface area contributed by atoms with Gasteiger partial charge < -0.3 is 14.1 Å². The summed E-state index contributed by atoms with van der Waals surface area (Å²) in [7, 11) is 0. The fourth-order valence-corrected chi connectivity index (χ4v) is 5.20. The standard InChI is InChI=1S/C26H32N4O4S/c1-3-33-25(32)20-12-14-29(15-13-20)23(31)11-4-5-17-35-26-28-27-24(22-10-7-16-34-22)30(26)21-9-6-8-19(2)18-21/h6-10,16,18,20H,3-5,11-15,17H2,1-2H3. The van der Waals surface area contributed by atoms with Crippen LogP contribution in [0.15, 0.2) is 52.2 Å². The Morgan fingerprint density at radius 2 is 1.97 bits per heavy atom. The Labute approximate surface area is 210 Å². The Morgan fingerprint density at radius 3 is 2.69 bits per heavy atom. The molecule has 0 atom stereocenters. The zero-order valence-corrected chi connectivity index (χ0v) is 21.1. The summed E-state index contributed by atoms with van der Waals surface area (Å²) in [5, 5.41) is 9.61. The van der Waals surface area contributed by atoms with E-state index in [9.17, 15) is 9.59 Å². The molecule has 0 spiro atoms. The highest BCUT2D eigenvalue weighted by molar-refractivity contribution is 7.99. The summed E-state index contributed by atoms with van der Waals surface area (Å²) in [5.74, 6) is 2.13. The van der Waals surface area contributed by atoms with Crippen LogP contribution in [0.25, 0.3) is 17.3 Å². The number of ether oxygens (including phenoxy) is 1. The van der Waals surface area contributed by atoms with Gasteiger partial charge in [0.2, 0.25) is 11.7 Å². The number of thioether (sulfide) groups is 1. The molecule has 1 fully saturated rings. The summed E-state index contributed by atoms with van der Waals surface area (Å²) < 4.78 is 12.7. The first-order valence-electron chi connectivity index (χ1n) is 12.2. The van der Waals surface area contributed by atoms with Gasteiger partial charge in [-0.1, -0.05) is 23.9 Å². The number of esters is 1. The third-order valence-corrected chi connectivity index (χ3v) is 7.13. The Kier molecular flexibility index (Phi) is 8.63. The fraction of sp³-hybridized carbons (Fsp3) is 0.462. The first-order valence-corrected chi connectivity index (χ1v) is 13.2. The number of likely N-dealkylation sites (tertiary alicyclic amines) is 1. The number of carbonyl (C=O) groups is 2. The molecule has 3 heterocycles. The van der Waals surface area contributed by atoms with Crippen LogP contribution in [-0.2, 0) is 14.3 Å². The van der Waals surface area contributed by atoms with Gasteiger partial charge >= 0.3 is 5.97 Å². The van der Waals surface area contributed by atoms with Crippen molar-refractivity contribution >= 4 is 23.6 Å². The van der Waals surface area contributed by atoms with Crippen LogP contribution in [0, 0.1) is 12.8 Å². The summed E-state index contributed by atoms with van der Waals surface area (Å²) in [6, 6.07) is 11.9. The molecule has 1 aromatic carbocycles. The zero-order valence-electron chi connectivity index (χ0n) is 20.3.